The Morgan fingerprint density at radius 3 is 3.04 bits per heavy atom. The average Bonchev–Trinajstić information content (AvgIpc) is 3.24. The van der Waals surface area contributed by atoms with Crippen molar-refractivity contribution >= 4 is 16.9 Å². The van der Waals surface area contributed by atoms with Gasteiger partial charge in [-0.05, 0) is 31.9 Å². The highest BCUT2D eigenvalue weighted by atomic mass is 19.1. The first-order chi connectivity index (χ1) is 11.1. The minimum atomic E-state index is -0.480. The molecule has 0 radical (unpaired) electrons. The van der Waals surface area contributed by atoms with Crippen LogP contribution in [0.4, 0.5) is 4.39 Å². The van der Waals surface area contributed by atoms with Gasteiger partial charge in [0.1, 0.15) is 6.04 Å². The molecule has 0 bridgehead atoms. The van der Waals surface area contributed by atoms with Gasteiger partial charge in [-0.3, -0.25) is 4.79 Å². The van der Waals surface area contributed by atoms with Gasteiger partial charge in [-0.15, -0.1) is 0 Å². The highest BCUT2D eigenvalue weighted by Crippen LogP contribution is 2.33. The quantitative estimate of drug-likeness (QED) is 0.726. The number of carbonyl (C=O) groups excluding carboxylic acids is 1. The normalized spacial score (nSPS) is 18.0. The molecule has 23 heavy (non-hydrogen) atoms. The first-order valence-electron chi connectivity index (χ1n) is 7.43. The van der Waals surface area contributed by atoms with E-state index in [0.717, 1.165) is 12.8 Å². The lowest BCUT2D eigenvalue weighted by molar-refractivity contribution is 0.0680. The van der Waals surface area contributed by atoms with E-state index in [9.17, 15) is 9.18 Å². The SMILES string of the molecule is Cc1noc(C2CCCN2C(=O)c2cc3cccc(F)c3o2)n1. The van der Waals surface area contributed by atoms with E-state index in [1.165, 1.54) is 6.07 Å². The molecule has 7 heteroatoms. The topological polar surface area (TPSA) is 72.4 Å². The third-order valence-electron chi connectivity index (χ3n) is 4.05. The number of aromatic nitrogens is 2. The van der Waals surface area contributed by atoms with Crippen molar-refractivity contribution in [1.82, 2.24) is 15.0 Å². The smallest absolute Gasteiger partial charge is 0.290 e. The monoisotopic (exact) mass is 315 g/mol. The van der Waals surface area contributed by atoms with Gasteiger partial charge >= 0.3 is 0 Å². The Kier molecular flexibility index (Phi) is 3.14. The maximum Gasteiger partial charge on any atom is 0.290 e. The Hall–Kier alpha value is -2.70. The van der Waals surface area contributed by atoms with Crippen LogP contribution >= 0.6 is 0 Å². The number of aryl methyl sites for hydroxylation is 1. The summed E-state index contributed by atoms with van der Waals surface area (Å²) in [4.78, 5) is 18.6. The molecule has 4 rings (SSSR count). The van der Waals surface area contributed by atoms with E-state index in [1.54, 1.807) is 30.0 Å². The molecule has 1 aliphatic heterocycles. The van der Waals surface area contributed by atoms with Crippen LogP contribution in [0.1, 0.15) is 41.2 Å². The molecule has 1 aromatic carbocycles. The summed E-state index contributed by atoms with van der Waals surface area (Å²) >= 11 is 0. The maximum atomic E-state index is 13.7. The van der Waals surface area contributed by atoms with Crippen molar-refractivity contribution < 1.29 is 18.1 Å². The predicted octanol–water partition coefficient (Wildman–Crippen LogP) is 3.24. The maximum absolute atomic E-state index is 13.7. The van der Waals surface area contributed by atoms with E-state index in [4.69, 9.17) is 8.94 Å². The summed E-state index contributed by atoms with van der Waals surface area (Å²) in [7, 11) is 0. The molecular formula is C16H14FN3O3. The Morgan fingerprint density at radius 1 is 1.43 bits per heavy atom. The van der Waals surface area contributed by atoms with Gasteiger partial charge in [0.2, 0.25) is 5.89 Å². The van der Waals surface area contributed by atoms with Crippen LogP contribution in [-0.2, 0) is 0 Å². The van der Waals surface area contributed by atoms with E-state index in [-0.39, 0.29) is 23.3 Å². The fourth-order valence-electron chi connectivity index (χ4n) is 2.99. The van der Waals surface area contributed by atoms with Crippen molar-refractivity contribution in [3.05, 3.63) is 47.6 Å². The lowest BCUT2D eigenvalue weighted by atomic mass is 10.2. The third-order valence-corrected chi connectivity index (χ3v) is 4.05. The van der Waals surface area contributed by atoms with Crippen LogP contribution in [0.25, 0.3) is 11.0 Å². The molecule has 2 aromatic heterocycles. The first kappa shape index (κ1) is 13.9. The van der Waals surface area contributed by atoms with Crippen molar-refractivity contribution in [2.45, 2.75) is 25.8 Å². The second-order valence-electron chi connectivity index (χ2n) is 5.61. The van der Waals surface area contributed by atoms with Gasteiger partial charge in [-0.2, -0.15) is 4.98 Å². The van der Waals surface area contributed by atoms with Gasteiger partial charge in [-0.25, -0.2) is 4.39 Å². The van der Waals surface area contributed by atoms with Crippen LogP contribution in [-0.4, -0.2) is 27.5 Å². The number of hydrogen-bond acceptors (Lipinski definition) is 5. The molecule has 1 atom stereocenters. The zero-order chi connectivity index (χ0) is 16.0. The van der Waals surface area contributed by atoms with Crippen molar-refractivity contribution in [2.75, 3.05) is 6.54 Å². The number of hydrogen-bond donors (Lipinski definition) is 0. The van der Waals surface area contributed by atoms with E-state index < -0.39 is 5.82 Å². The predicted molar refractivity (Wildman–Crippen MR) is 78.2 cm³/mol. The number of benzene rings is 1. The van der Waals surface area contributed by atoms with Crippen LogP contribution in [0.2, 0.25) is 0 Å². The van der Waals surface area contributed by atoms with Crippen LogP contribution in [0.3, 0.4) is 0 Å². The molecule has 1 aliphatic rings. The molecule has 118 valence electrons. The summed E-state index contributed by atoms with van der Waals surface area (Å²) in [6, 6.07) is 5.90. The van der Waals surface area contributed by atoms with E-state index in [1.807, 2.05) is 0 Å². The van der Waals surface area contributed by atoms with Gasteiger partial charge in [-0.1, -0.05) is 17.3 Å². The minimum absolute atomic E-state index is 0.0974. The number of likely N-dealkylation sites (tertiary alicyclic amines) is 1. The van der Waals surface area contributed by atoms with Crippen LogP contribution in [0.15, 0.2) is 33.2 Å². The molecule has 0 aliphatic carbocycles. The molecule has 3 heterocycles. The second-order valence-corrected chi connectivity index (χ2v) is 5.61. The van der Waals surface area contributed by atoms with Gasteiger partial charge in [0.25, 0.3) is 5.91 Å². The van der Waals surface area contributed by atoms with Gasteiger partial charge in [0.15, 0.2) is 23.0 Å². The highest BCUT2D eigenvalue weighted by Gasteiger charge is 2.35. The fourth-order valence-corrected chi connectivity index (χ4v) is 2.99. The molecule has 3 aromatic rings. The van der Waals surface area contributed by atoms with E-state index in [0.29, 0.717) is 23.6 Å². The fraction of sp³-hybridized carbons (Fsp3) is 0.312. The Labute approximate surface area is 130 Å². The molecule has 1 unspecified atom stereocenters. The molecule has 6 nitrogen and oxygen atoms in total. The molecular weight excluding hydrogens is 301 g/mol. The van der Waals surface area contributed by atoms with E-state index in [2.05, 4.69) is 10.1 Å². The van der Waals surface area contributed by atoms with E-state index >= 15 is 0 Å². The van der Waals surface area contributed by atoms with Gasteiger partial charge in [0, 0.05) is 11.9 Å². The third kappa shape index (κ3) is 2.28. The largest absolute Gasteiger partial charge is 0.448 e. The molecule has 0 saturated carbocycles. The summed E-state index contributed by atoms with van der Waals surface area (Å²) in [5, 5.41) is 4.34. The van der Waals surface area contributed by atoms with Crippen molar-refractivity contribution in [3.63, 3.8) is 0 Å². The number of rotatable bonds is 2. The Balaban J connectivity index is 1.68. The number of carbonyl (C=O) groups is 1. The zero-order valence-corrected chi connectivity index (χ0v) is 12.5. The van der Waals surface area contributed by atoms with Crippen molar-refractivity contribution in [3.8, 4) is 0 Å². The standard InChI is InChI=1S/C16H14FN3O3/c1-9-18-15(23-19-9)12-6-3-7-20(12)16(21)13-8-10-4-2-5-11(17)14(10)22-13/h2,4-5,8,12H,3,6-7H2,1H3. The summed E-state index contributed by atoms with van der Waals surface area (Å²) in [6.07, 6.45) is 1.59. The summed E-state index contributed by atoms with van der Waals surface area (Å²) in [5.41, 5.74) is 0.0974. The molecule has 0 N–H and O–H groups in total. The second kappa shape index (κ2) is 5.19. The van der Waals surface area contributed by atoms with Crippen molar-refractivity contribution in [2.24, 2.45) is 0 Å². The first-order valence-corrected chi connectivity index (χ1v) is 7.43. The van der Waals surface area contributed by atoms with Gasteiger partial charge < -0.3 is 13.8 Å². The summed E-state index contributed by atoms with van der Waals surface area (Å²) in [5.74, 6) is 0.306. The number of fused-ring (bicyclic) bond motifs is 1. The van der Waals surface area contributed by atoms with Crippen molar-refractivity contribution in [1.29, 1.82) is 0 Å². The number of halogens is 1. The zero-order valence-electron chi connectivity index (χ0n) is 12.5. The average molecular weight is 315 g/mol. The number of furan rings is 1. The van der Waals surface area contributed by atoms with Crippen LogP contribution < -0.4 is 0 Å². The molecule has 1 amide bonds. The number of nitrogens with zero attached hydrogens (tertiary/aromatic N) is 3. The molecule has 1 fully saturated rings. The summed E-state index contributed by atoms with van der Waals surface area (Å²) < 4.78 is 24.4. The van der Waals surface area contributed by atoms with Crippen LogP contribution in [0, 0.1) is 12.7 Å². The number of amides is 1. The summed E-state index contributed by atoms with van der Waals surface area (Å²) in [6.45, 7) is 2.31. The van der Waals surface area contributed by atoms with Crippen LogP contribution in [0.5, 0.6) is 0 Å². The number of para-hydroxylation sites is 1. The Bertz CT molecular complexity index is 886. The molecule has 0 spiro atoms. The molecule has 1 saturated heterocycles. The lowest BCUT2D eigenvalue weighted by Crippen LogP contribution is -2.30. The lowest BCUT2D eigenvalue weighted by Gasteiger charge is -2.20. The highest BCUT2D eigenvalue weighted by molar-refractivity contribution is 5.96. The Morgan fingerprint density at radius 2 is 2.30 bits per heavy atom. The van der Waals surface area contributed by atoms with Gasteiger partial charge in [0.05, 0.1) is 0 Å². The minimum Gasteiger partial charge on any atom is -0.448 e.